The number of allylic oxidation sites excluding steroid dienone is 1. The lowest BCUT2D eigenvalue weighted by atomic mass is 10.1. The lowest BCUT2D eigenvalue weighted by Crippen LogP contribution is -2.37. The third kappa shape index (κ3) is 4.42. The summed E-state index contributed by atoms with van der Waals surface area (Å²) in [5, 5.41) is 0. The predicted octanol–water partition coefficient (Wildman–Crippen LogP) is 2.28. The second kappa shape index (κ2) is 7.90. The highest BCUT2D eigenvalue weighted by Gasteiger charge is 2.13. The lowest BCUT2D eigenvalue weighted by molar-refractivity contribution is 0.104. The van der Waals surface area contributed by atoms with E-state index >= 15 is 0 Å². The van der Waals surface area contributed by atoms with Gasteiger partial charge >= 0.3 is 0 Å². The Labute approximate surface area is 147 Å². The molecule has 0 radical (unpaired) electrons. The first-order valence-corrected chi connectivity index (χ1v) is 8.28. The van der Waals surface area contributed by atoms with E-state index in [2.05, 4.69) is 14.9 Å². The van der Waals surface area contributed by atoms with Crippen molar-refractivity contribution in [2.24, 2.45) is 0 Å². The monoisotopic (exact) mass is 338 g/mol. The van der Waals surface area contributed by atoms with Gasteiger partial charge in [-0.25, -0.2) is 9.97 Å². The molecule has 0 unspecified atom stereocenters. The van der Waals surface area contributed by atoms with Crippen molar-refractivity contribution >= 4 is 23.5 Å². The smallest absolute Gasteiger partial charge is 0.225 e. The minimum atomic E-state index is -0.0393. The van der Waals surface area contributed by atoms with Crippen LogP contribution in [0.5, 0.6) is 0 Å². The number of morpholine rings is 1. The van der Waals surface area contributed by atoms with Gasteiger partial charge in [-0.2, -0.15) is 0 Å². The molecule has 1 fully saturated rings. The molecule has 0 spiro atoms. The SMILES string of the molecule is CN(C)c1ccc(C(=O)/C=C/c2cnc(N3CCOCC3)nc2)cc1. The third-order valence-corrected chi connectivity index (χ3v) is 4.05. The molecular weight excluding hydrogens is 316 g/mol. The maximum Gasteiger partial charge on any atom is 0.225 e. The van der Waals surface area contributed by atoms with Crippen molar-refractivity contribution in [3.63, 3.8) is 0 Å². The van der Waals surface area contributed by atoms with Crippen LogP contribution in [0.15, 0.2) is 42.7 Å². The molecule has 0 atom stereocenters. The van der Waals surface area contributed by atoms with E-state index in [9.17, 15) is 4.79 Å². The molecule has 1 aromatic heterocycles. The van der Waals surface area contributed by atoms with Crippen molar-refractivity contribution in [1.82, 2.24) is 9.97 Å². The van der Waals surface area contributed by atoms with Crippen LogP contribution < -0.4 is 9.80 Å². The summed E-state index contributed by atoms with van der Waals surface area (Å²) in [4.78, 5) is 25.1. The first-order chi connectivity index (χ1) is 12.1. The van der Waals surface area contributed by atoms with Gasteiger partial charge in [-0.15, -0.1) is 0 Å². The summed E-state index contributed by atoms with van der Waals surface area (Å²) in [6.45, 7) is 3.01. The normalized spacial score (nSPS) is 14.7. The number of anilines is 2. The number of benzene rings is 1. The zero-order valence-electron chi connectivity index (χ0n) is 14.6. The molecule has 0 saturated carbocycles. The highest BCUT2D eigenvalue weighted by atomic mass is 16.5. The Morgan fingerprint density at radius 2 is 1.76 bits per heavy atom. The van der Waals surface area contributed by atoms with Crippen molar-refractivity contribution in [3.05, 3.63) is 53.9 Å². The minimum Gasteiger partial charge on any atom is -0.378 e. The van der Waals surface area contributed by atoms with Gasteiger partial charge in [0.15, 0.2) is 5.78 Å². The fourth-order valence-electron chi connectivity index (χ4n) is 2.54. The van der Waals surface area contributed by atoms with Crippen LogP contribution >= 0.6 is 0 Å². The summed E-state index contributed by atoms with van der Waals surface area (Å²) in [5.41, 5.74) is 2.52. The molecule has 2 aromatic rings. The lowest BCUT2D eigenvalue weighted by Gasteiger charge is -2.26. The number of ketones is 1. The van der Waals surface area contributed by atoms with E-state index < -0.39 is 0 Å². The Kier molecular flexibility index (Phi) is 5.40. The van der Waals surface area contributed by atoms with Gasteiger partial charge in [0.2, 0.25) is 5.95 Å². The number of carbonyl (C=O) groups excluding carboxylic acids is 1. The third-order valence-electron chi connectivity index (χ3n) is 4.05. The number of rotatable bonds is 5. The highest BCUT2D eigenvalue weighted by Crippen LogP contribution is 2.14. The van der Waals surface area contributed by atoms with Crippen LogP contribution in [-0.2, 0) is 4.74 Å². The van der Waals surface area contributed by atoms with Gasteiger partial charge in [0.05, 0.1) is 13.2 Å². The molecule has 6 nitrogen and oxygen atoms in total. The van der Waals surface area contributed by atoms with Crippen LogP contribution in [0.25, 0.3) is 6.08 Å². The van der Waals surface area contributed by atoms with Crippen molar-refractivity contribution in [3.8, 4) is 0 Å². The first-order valence-electron chi connectivity index (χ1n) is 8.28. The van der Waals surface area contributed by atoms with E-state index in [1.165, 1.54) is 0 Å². The molecule has 0 aliphatic carbocycles. The standard InChI is InChI=1S/C19H22N4O2/c1-22(2)17-6-4-16(5-7-17)18(24)8-3-15-13-20-19(21-14-15)23-9-11-25-12-10-23/h3-8,13-14H,9-12H2,1-2H3/b8-3+. The number of nitrogens with zero attached hydrogens (tertiary/aromatic N) is 4. The van der Waals surface area contributed by atoms with Gasteiger partial charge in [0, 0.05) is 56.4 Å². The van der Waals surface area contributed by atoms with Crippen LogP contribution in [0.4, 0.5) is 11.6 Å². The second-order valence-corrected chi connectivity index (χ2v) is 6.05. The van der Waals surface area contributed by atoms with Crippen LogP contribution in [0.2, 0.25) is 0 Å². The zero-order valence-corrected chi connectivity index (χ0v) is 14.6. The number of hydrogen-bond acceptors (Lipinski definition) is 6. The Morgan fingerprint density at radius 3 is 2.36 bits per heavy atom. The second-order valence-electron chi connectivity index (χ2n) is 6.05. The topological polar surface area (TPSA) is 58.6 Å². The summed E-state index contributed by atoms with van der Waals surface area (Å²) >= 11 is 0. The number of aromatic nitrogens is 2. The predicted molar refractivity (Wildman–Crippen MR) is 99.2 cm³/mol. The first kappa shape index (κ1) is 17.1. The zero-order chi connectivity index (χ0) is 17.6. The fourth-order valence-corrected chi connectivity index (χ4v) is 2.54. The molecule has 3 rings (SSSR count). The molecule has 1 aromatic carbocycles. The molecule has 0 bridgehead atoms. The average Bonchev–Trinajstić information content (AvgIpc) is 2.67. The van der Waals surface area contributed by atoms with E-state index in [0.717, 1.165) is 24.3 Å². The molecule has 0 amide bonds. The molecular formula is C19H22N4O2. The maximum absolute atomic E-state index is 12.3. The van der Waals surface area contributed by atoms with Crippen LogP contribution in [0, 0.1) is 0 Å². The summed E-state index contributed by atoms with van der Waals surface area (Å²) in [7, 11) is 3.94. The van der Waals surface area contributed by atoms with E-state index in [0.29, 0.717) is 24.7 Å². The van der Waals surface area contributed by atoms with E-state index in [1.807, 2.05) is 43.3 Å². The van der Waals surface area contributed by atoms with Gasteiger partial charge in [-0.05, 0) is 36.4 Å². The van der Waals surface area contributed by atoms with Crippen molar-refractivity contribution in [1.29, 1.82) is 0 Å². The van der Waals surface area contributed by atoms with E-state index in [4.69, 9.17) is 4.74 Å². The highest BCUT2D eigenvalue weighted by molar-refractivity contribution is 6.06. The Morgan fingerprint density at radius 1 is 1.12 bits per heavy atom. The van der Waals surface area contributed by atoms with Gasteiger partial charge in [0.1, 0.15) is 0 Å². The molecule has 130 valence electrons. The minimum absolute atomic E-state index is 0.0393. The largest absolute Gasteiger partial charge is 0.378 e. The number of hydrogen-bond donors (Lipinski definition) is 0. The molecule has 25 heavy (non-hydrogen) atoms. The molecule has 1 aliphatic rings. The van der Waals surface area contributed by atoms with Gasteiger partial charge in [0.25, 0.3) is 0 Å². The van der Waals surface area contributed by atoms with Crippen LogP contribution in [0.1, 0.15) is 15.9 Å². The molecule has 2 heterocycles. The van der Waals surface area contributed by atoms with Gasteiger partial charge in [-0.1, -0.05) is 0 Å². The Bertz CT molecular complexity index is 733. The Balaban J connectivity index is 1.63. The summed E-state index contributed by atoms with van der Waals surface area (Å²) in [6.07, 6.45) is 6.76. The fraction of sp³-hybridized carbons (Fsp3) is 0.316. The van der Waals surface area contributed by atoms with Gasteiger partial charge in [-0.3, -0.25) is 4.79 Å². The van der Waals surface area contributed by atoms with Crippen molar-refractivity contribution < 1.29 is 9.53 Å². The van der Waals surface area contributed by atoms with E-state index in [-0.39, 0.29) is 5.78 Å². The van der Waals surface area contributed by atoms with Gasteiger partial charge < -0.3 is 14.5 Å². The summed E-state index contributed by atoms with van der Waals surface area (Å²) in [5.74, 6) is 0.661. The Hall–Kier alpha value is -2.73. The molecule has 1 saturated heterocycles. The van der Waals surface area contributed by atoms with Crippen LogP contribution in [0.3, 0.4) is 0 Å². The number of ether oxygens (including phenoxy) is 1. The molecule has 6 heteroatoms. The van der Waals surface area contributed by atoms with Crippen molar-refractivity contribution in [2.45, 2.75) is 0 Å². The van der Waals surface area contributed by atoms with Crippen molar-refractivity contribution in [2.75, 3.05) is 50.2 Å². The quantitative estimate of drug-likeness (QED) is 0.616. The van der Waals surface area contributed by atoms with Crippen LogP contribution in [-0.4, -0.2) is 56.1 Å². The average molecular weight is 338 g/mol. The molecule has 1 aliphatic heterocycles. The summed E-state index contributed by atoms with van der Waals surface area (Å²) in [6, 6.07) is 7.53. The number of carbonyl (C=O) groups is 1. The maximum atomic E-state index is 12.3. The summed E-state index contributed by atoms with van der Waals surface area (Å²) < 4.78 is 5.32. The molecule has 0 N–H and O–H groups in total. The van der Waals surface area contributed by atoms with E-state index in [1.54, 1.807) is 24.5 Å².